The van der Waals surface area contributed by atoms with Crippen LogP contribution in [0.25, 0.3) is 0 Å². The number of rotatable bonds is 4. The van der Waals surface area contributed by atoms with Gasteiger partial charge in [0, 0.05) is 37.4 Å². The van der Waals surface area contributed by atoms with Gasteiger partial charge in [0.25, 0.3) is 0 Å². The molecule has 1 atom stereocenters. The van der Waals surface area contributed by atoms with Crippen molar-refractivity contribution in [3.05, 3.63) is 29.6 Å². The second-order valence-corrected chi connectivity index (χ2v) is 5.62. The minimum Gasteiger partial charge on any atom is -0.389 e. The molecule has 1 N–H and O–H groups in total. The highest BCUT2D eigenvalue weighted by Crippen LogP contribution is 2.31. The van der Waals surface area contributed by atoms with Gasteiger partial charge in [-0.05, 0) is 38.4 Å². The maximum absolute atomic E-state index is 14.0. The lowest BCUT2D eigenvalue weighted by Crippen LogP contribution is -2.43. The highest BCUT2D eigenvalue weighted by atomic mass is 19.1. The monoisotopic (exact) mass is 280 g/mol. The minimum absolute atomic E-state index is 0.324. The quantitative estimate of drug-likeness (QED) is 0.918. The SMILES string of the molecule is CCN1CCC(N(C)c2cccc(F)c2[C@@H](C)O)CC1. The van der Waals surface area contributed by atoms with Gasteiger partial charge in [-0.15, -0.1) is 0 Å². The number of halogens is 1. The maximum atomic E-state index is 14.0. The second-order valence-electron chi connectivity index (χ2n) is 5.62. The van der Waals surface area contributed by atoms with Crippen molar-refractivity contribution in [1.82, 2.24) is 4.90 Å². The van der Waals surface area contributed by atoms with Crippen molar-refractivity contribution in [2.24, 2.45) is 0 Å². The molecule has 3 nitrogen and oxygen atoms in total. The van der Waals surface area contributed by atoms with Gasteiger partial charge in [-0.3, -0.25) is 0 Å². The molecule has 1 fully saturated rings. The molecule has 1 saturated heterocycles. The standard InChI is InChI=1S/C16H25FN2O/c1-4-19-10-8-13(9-11-19)18(3)15-7-5-6-14(17)16(15)12(2)20/h5-7,12-13,20H,4,8-11H2,1-3H3/t12-/m1/s1. The number of anilines is 1. The Morgan fingerprint density at radius 2 is 2.05 bits per heavy atom. The highest BCUT2D eigenvalue weighted by molar-refractivity contribution is 5.55. The summed E-state index contributed by atoms with van der Waals surface area (Å²) in [5.41, 5.74) is 1.22. The van der Waals surface area contributed by atoms with Crippen molar-refractivity contribution in [3.63, 3.8) is 0 Å². The normalized spacial score (nSPS) is 19.1. The molecule has 1 aromatic carbocycles. The number of aliphatic hydroxyl groups is 1. The summed E-state index contributed by atoms with van der Waals surface area (Å²) in [5, 5.41) is 9.84. The third-order valence-electron chi connectivity index (χ3n) is 4.38. The first-order valence-corrected chi connectivity index (χ1v) is 7.46. The first kappa shape index (κ1) is 15.3. The van der Waals surface area contributed by atoms with Crippen LogP contribution in [0.2, 0.25) is 0 Å². The van der Waals surface area contributed by atoms with Crippen LogP contribution in [0, 0.1) is 5.82 Å². The zero-order valence-corrected chi connectivity index (χ0v) is 12.6. The van der Waals surface area contributed by atoms with E-state index < -0.39 is 6.10 Å². The molecule has 0 unspecified atom stereocenters. The number of hydrogen-bond donors (Lipinski definition) is 1. The highest BCUT2D eigenvalue weighted by Gasteiger charge is 2.25. The van der Waals surface area contributed by atoms with E-state index in [2.05, 4.69) is 16.7 Å². The molecule has 0 aliphatic carbocycles. The van der Waals surface area contributed by atoms with Gasteiger partial charge in [0.05, 0.1) is 6.10 Å². The van der Waals surface area contributed by atoms with Gasteiger partial charge in [0.1, 0.15) is 5.82 Å². The summed E-state index contributed by atoms with van der Waals surface area (Å²) in [6.45, 7) is 7.07. The fourth-order valence-electron chi connectivity index (χ4n) is 3.07. The molecule has 0 spiro atoms. The van der Waals surface area contributed by atoms with Gasteiger partial charge in [0.2, 0.25) is 0 Å². The number of piperidine rings is 1. The zero-order chi connectivity index (χ0) is 14.7. The Hall–Kier alpha value is -1.13. The number of likely N-dealkylation sites (tertiary alicyclic amines) is 1. The molecular weight excluding hydrogens is 255 g/mol. The topological polar surface area (TPSA) is 26.7 Å². The van der Waals surface area contributed by atoms with Crippen LogP contribution in [-0.4, -0.2) is 42.7 Å². The average molecular weight is 280 g/mol. The molecule has 4 heteroatoms. The van der Waals surface area contributed by atoms with Gasteiger partial charge in [-0.2, -0.15) is 0 Å². The molecule has 0 radical (unpaired) electrons. The Morgan fingerprint density at radius 3 is 2.60 bits per heavy atom. The molecule has 0 bridgehead atoms. The molecule has 1 aliphatic heterocycles. The summed E-state index contributed by atoms with van der Waals surface area (Å²) in [5.74, 6) is -0.324. The molecular formula is C16H25FN2O. The van der Waals surface area contributed by atoms with Crippen molar-refractivity contribution in [2.75, 3.05) is 31.6 Å². The number of benzene rings is 1. The Balaban J connectivity index is 2.17. The van der Waals surface area contributed by atoms with Gasteiger partial charge in [-0.1, -0.05) is 13.0 Å². The van der Waals surface area contributed by atoms with Crippen LogP contribution in [0.15, 0.2) is 18.2 Å². The lowest BCUT2D eigenvalue weighted by Gasteiger charge is -2.38. The summed E-state index contributed by atoms with van der Waals surface area (Å²) in [6, 6.07) is 5.45. The van der Waals surface area contributed by atoms with Crippen molar-refractivity contribution in [1.29, 1.82) is 0 Å². The molecule has 112 valence electrons. The first-order chi connectivity index (χ1) is 9.54. The molecule has 1 aliphatic rings. The van der Waals surface area contributed by atoms with E-state index in [0.717, 1.165) is 38.2 Å². The number of nitrogens with zero attached hydrogens (tertiary/aromatic N) is 2. The van der Waals surface area contributed by atoms with Crippen molar-refractivity contribution >= 4 is 5.69 Å². The molecule has 0 saturated carbocycles. The van der Waals surface area contributed by atoms with E-state index in [1.807, 2.05) is 13.1 Å². The Morgan fingerprint density at radius 1 is 1.40 bits per heavy atom. The molecule has 1 heterocycles. The summed E-state index contributed by atoms with van der Waals surface area (Å²) in [7, 11) is 2.01. The third-order valence-corrected chi connectivity index (χ3v) is 4.38. The summed E-state index contributed by atoms with van der Waals surface area (Å²) < 4.78 is 14.0. The predicted octanol–water partition coefficient (Wildman–Crippen LogP) is 2.80. The largest absolute Gasteiger partial charge is 0.389 e. The van der Waals surface area contributed by atoms with E-state index in [4.69, 9.17) is 0 Å². The van der Waals surface area contributed by atoms with E-state index in [9.17, 15) is 9.50 Å². The fourth-order valence-corrected chi connectivity index (χ4v) is 3.07. The van der Waals surface area contributed by atoms with E-state index in [-0.39, 0.29) is 5.82 Å². The number of aliphatic hydroxyl groups excluding tert-OH is 1. The van der Waals surface area contributed by atoms with Crippen LogP contribution in [0.3, 0.4) is 0 Å². The van der Waals surface area contributed by atoms with Gasteiger partial charge in [-0.25, -0.2) is 4.39 Å². The third kappa shape index (κ3) is 3.13. The van der Waals surface area contributed by atoms with Gasteiger partial charge < -0.3 is 14.9 Å². The van der Waals surface area contributed by atoms with Crippen molar-refractivity contribution < 1.29 is 9.50 Å². The van der Waals surface area contributed by atoms with Gasteiger partial charge in [0.15, 0.2) is 0 Å². The summed E-state index contributed by atoms with van der Waals surface area (Å²) in [4.78, 5) is 4.57. The Bertz CT molecular complexity index is 442. The zero-order valence-electron chi connectivity index (χ0n) is 12.6. The first-order valence-electron chi connectivity index (χ1n) is 7.46. The summed E-state index contributed by atoms with van der Waals surface area (Å²) >= 11 is 0. The maximum Gasteiger partial charge on any atom is 0.131 e. The van der Waals surface area contributed by atoms with Crippen LogP contribution in [0.5, 0.6) is 0 Å². The Labute approximate surface area is 121 Å². The van der Waals surface area contributed by atoms with Crippen LogP contribution in [0.1, 0.15) is 38.4 Å². The molecule has 0 amide bonds. The van der Waals surface area contributed by atoms with Crippen molar-refractivity contribution in [2.45, 2.75) is 38.8 Å². The van der Waals surface area contributed by atoms with E-state index in [1.54, 1.807) is 13.0 Å². The van der Waals surface area contributed by atoms with Crippen molar-refractivity contribution in [3.8, 4) is 0 Å². The fraction of sp³-hybridized carbons (Fsp3) is 0.625. The molecule has 1 aromatic rings. The van der Waals surface area contributed by atoms with E-state index >= 15 is 0 Å². The van der Waals surface area contributed by atoms with Crippen LogP contribution in [-0.2, 0) is 0 Å². The number of hydrogen-bond acceptors (Lipinski definition) is 3. The second kappa shape index (κ2) is 6.55. The molecule has 2 rings (SSSR count). The lowest BCUT2D eigenvalue weighted by molar-refractivity contribution is 0.193. The lowest BCUT2D eigenvalue weighted by atomic mass is 10.00. The molecule has 0 aromatic heterocycles. The van der Waals surface area contributed by atoms with Crippen LogP contribution >= 0.6 is 0 Å². The molecule has 20 heavy (non-hydrogen) atoms. The van der Waals surface area contributed by atoms with E-state index in [0.29, 0.717) is 11.6 Å². The van der Waals surface area contributed by atoms with E-state index in [1.165, 1.54) is 6.07 Å². The Kier molecular flexibility index (Phi) is 5.00. The smallest absolute Gasteiger partial charge is 0.131 e. The average Bonchev–Trinajstić information content (AvgIpc) is 2.46. The predicted molar refractivity (Wildman–Crippen MR) is 80.6 cm³/mol. The van der Waals surface area contributed by atoms with Crippen LogP contribution in [0.4, 0.5) is 10.1 Å². The van der Waals surface area contributed by atoms with Gasteiger partial charge >= 0.3 is 0 Å². The summed E-state index contributed by atoms with van der Waals surface area (Å²) in [6.07, 6.45) is 1.38. The van der Waals surface area contributed by atoms with Crippen LogP contribution < -0.4 is 4.90 Å². The minimum atomic E-state index is -0.788.